The van der Waals surface area contributed by atoms with Crippen molar-refractivity contribution in [1.29, 1.82) is 5.41 Å². The number of nitrogens with one attached hydrogen (secondary N) is 1. The molecule has 1 heterocycles. The van der Waals surface area contributed by atoms with Crippen LogP contribution in [0.15, 0.2) is 0 Å². The van der Waals surface area contributed by atoms with Gasteiger partial charge in [-0.15, -0.1) is 0 Å². The molecule has 5 nitrogen and oxygen atoms in total. The van der Waals surface area contributed by atoms with Crippen LogP contribution in [0.2, 0.25) is 0 Å². The lowest BCUT2D eigenvalue weighted by Gasteiger charge is -2.37. The Balaban J connectivity index is 2.28. The second kappa shape index (κ2) is 6.93. The van der Waals surface area contributed by atoms with Crippen molar-refractivity contribution in [2.24, 2.45) is 5.73 Å². The van der Waals surface area contributed by atoms with E-state index in [2.05, 4.69) is 30.7 Å². The monoisotopic (exact) mass is 242 g/mol. The SMILES string of the molecule is CC(C)N1CCOC(CN(C)CCC(=N)N)C1. The third-order valence-electron chi connectivity index (χ3n) is 3.18. The van der Waals surface area contributed by atoms with Gasteiger partial charge < -0.3 is 15.4 Å². The smallest absolute Gasteiger partial charge is 0.0918 e. The normalized spacial score (nSPS) is 22.3. The van der Waals surface area contributed by atoms with Crippen LogP contribution in [0.4, 0.5) is 0 Å². The van der Waals surface area contributed by atoms with Crippen molar-refractivity contribution in [2.75, 3.05) is 39.8 Å². The van der Waals surface area contributed by atoms with E-state index in [0.29, 0.717) is 12.5 Å². The second-order valence-electron chi connectivity index (χ2n) is 5.12. The van der Waals surface area contributed by atoms with Crippen LogP contribution >= 0.6 is 0 Å². The van der Waals surface area contributed by atoms with Gasteiger partial charge in [0.2, 0.25) is 0 Å². The first-order valence-corrected chi connectivity index (χ1v) is 6.36. The number of amidine groups is 1. The predicted octanol–water partition coefficient (Wildman–Crippen LogP) is 0.353. The Bertz CT molecular complexity index is 245. The first-order chi connectivity index (χ1) is 7.99. The molecule has 0 bridgehead atoms. The number of likely N-dealkylation sites (N-methyl/N-ethyl adjacent to an activating group) is 1. The summed E-state index contributed by atoms with van der Waals surface area (Å²) in [4.78, 5) is 4.64. The molecule has 0 saturated carbocycles. The molecule has 0 aliphatic carbocycles. The van der Waals surface area contributed by atoms with Gasteiger partial charge in [-0.1, -0.05) is 0 Å². The fourth-order valence-electron chi connectivity index (χ4n) is 2.07. The fourth-order valence-corrected chi connectivity index (χ4v) is 2.07. The molecule has 1 unspecified atom stereocenters. The highest BCUT2D eigenvalue weighted by Crippen LogP contribution is 2.09. The van der Waals surface area contributed by atoms with E-state index in [9.17, 15) is 0 Å². The minimum atomic E-state index is 0.255. The highest BCUT2D eigenvalue weighted by atomic mass is 16.5. The van der Waals surface area contributed by atoms with E-state index < -0.39 is 0 Å². The van der Waals surface area contributed by atoms with E-state index >= 15 is 0 Å². The maximum absolute atomic E-state index is 7.21. The number of morpholine rings is 1. The van der Waals surface area contributed by atoms with Gasteiger partial charge in [-0.3, -0.25) is 10.3 Å². The summed E-state index contributed by atoms with van der Waals surface area (Å²) in [5, 5.41) is 7.21. The zero-order valence-electron chi connectivity index (χ0n) is 11.3. The van der Waals surface area contributed by atoms with Gasteiger partial charge in [-0.25, -0.2) is 0 Å². The minimum absolute atomic E-state index is 0.255. The van der Waals surface area contributed by atoms with Gasteiger partial charge in [0.1, 0.15) is 0 Å². The lowest BCUT2D eigenvalue weighted by Crippen LogP contribution is -2.49. The number of nitrogens with two attached hydrogens (primary N) is 1. The van der Waals surface area contributed by atoms with Gasteiger partial charge in [0.15, 0.2) is 0 Å². The van der Waals surface area contributed by atoms with Gasteiger partial charge in [0.25, 0.3) is 0 Å². The summed E-state index contributed by atoms with van der Waals surface area (Å²) in [5.74, 6) is 0.255. The number of hydrogen-bond acceptors (Lipinski definition) is 4. The molecule has 0 aromatic carbocycles. The van der Waals surface area contributed by atoms with E-state index in [1.165, 1.54) is 0 Å². The van der Waals surface area contributed by atoms with Gasteiger partial charge in [-0.2, -0.15) is 0 Å². The first kappa shape index (κ1) is 14.4. The molecule has 17 heavy (non-hydrogen) atoms. The number of ether oxygens (including phenoxy) is 1. The summed E-state index contributed by atoms with van der Waals surface area (Å²) in [6.45, 7) is 9.05. The largest absolute Gasteiger partial charge is 0.388 e. The van der Waals surface area contributed by atoms with Crippen molar-refractivity contribution in [1.82, 2.24) is 9.80 Å². The third kappa shape index (κ3) is 5.48. The van der Waals surface area contributed by atoms with Gasteiger partial charge in [0.05, 0.1) is 18.5 Å². The lowest BCUT2D eigenvalue weighted by molar-refractivity contribution is -0.0492. The van der Waals surface area contributed by atoms with Gasteiger partial charge in [-0.05, 0) is 20.9 Å². The Kier molecular flexibility index (Phi) is 5.88. The number of hydrogen-bond donors (Lipinski definition) is 2. The molecule has 3 N–H and O–H groups in total. The molecule has 1 atom stereocenters. The Morgan fingerprint density at radius 1 is 1.59 bits per heavy atom. The van der Waals surface area contributed by atoms with Crippen LogP contribution in [-0.2, 0) is 4.74 Å². The average molecular weight is 242 g/mol. The van der Waals surface area contributed by atoms with E-state index in [0.717, 1.165) is 32.8 Å². The molecule has 0 aromatic rings. The summed E-state index contributed by atoms with van der Waals surface area (Å²) in [5.41, 5.74) is 5.35. The number of rotatable bonds is 6. The highest BCUT2D eigenvalue weighted by Gasteiger charge is 2.22. The lowest BCUT2D eigenvalue weighted by atomic mass is 10.2. The Morgan fingerprint density at radius 3 is 2.88 bits per heavy atom. The van der Waals surface area contributed by atoms with Crippen LogP contribution in [0.25, 0.3) is 0 Å². The molecule has 1 rings (SSSR count). The molecule has 0 radical (unpaired) electrons. The summed E-state index contributed by atoms with van der Waals surface area (Å²) < 4.78 is 5.77. The molecule has 1 saturated heterocycles. The van der Waals surface area contributed by atoms with E-state index in [4.69, 9.17) is 15.9 Å². The van der Waals surface area contributed by atoms with Crippen LogP contribution in [0, 0.1) is 5.41 Å². The Morgan fingerprint density at radius 2 is 2.29 bits per heavy atom. The molecule has 0 amide bonds. The van der Waals surface area contributed by atoms with Crippen LogP contribution in [-0.4, -0.2) is 67.6 Å². The third-order valence-corrected chi connectivity index (χ3v) is 3.18. The maximum Gasteiger partial charge on any atom is 0.0918 e. The van der Waals surface area contributed by atoms with Crippen molar-refractivity contribution >= 4 is 5.84 Å². The van der Waals surface area contributed by atoms with Crippen LogP contribution < -0.4 is 5.73 Å². The van der Waals surface area contributed by atoms with E-state index in [-0.39, 0.29) is 11.9 Å². The average Bonchev–Trinajstić information content (AvgIpc) is 2.26. The molecular weight excluding hydrogens is 216 g/mol. The first-order valence-electron chi connectivity index (χ1n) is 6.36. The molecule has 0 spiro atoms. The molecule has 1 aliphatic heterocycles. The standard InChI is InChI=1S/C12H26N4O/c1-10(2)16-6-7-17-11(9-16)8-15(3)5-4-12(13)14/h10-11H,4-9H2,1-3H3,(H3,13,14). The van der Waals surface area contributed by atoms with Gasteiger partial charge in [0, 0.05) is 38.6 Å². The zero-order chi connectivity index (χ0) is 12.8. The quantitative estimate of drug-likeness (QED) is 0.521. The molecular formula is C12H26N4O. The van der Waals surface area contributed by atoms with Crippen LogP contribution in [0.5, 0.6) is 0 Å². The van der Waals surface area contributed by atoms with Crippen LogP contribution in [0.1, 0.15) is 20.3 Å². The van der Waals surface area contributed by atoms with Crippen molar-refractivity contribution < 1.29 is 4.74 Å². The summed E-state index contributed by atoms with van der Waals surface area (Å²) in [6, 6.07) is 0.587. The molecule has 5 heteroatoms. The molecule has 1 aliphatic rings. The summed E-state index contributed by atoms with van der Waals surface area (Å²) in [6.07, 6.45) is 0.917. The molecule has 100 valence electrons. The maximum atomic E-state index is 7.21. The highest BCUT2D eigenvalue weighted by molar-refractivity contribution is 5.76. The Labute approximate surface area is 104 Å². The molecule has 1 fully saturated rings. The number of nitrogens with zero attached hydrogens (tertiary/aromatic N) is 2. The van der Waals surface area contributed by atoms with Crippen molar-refractivity contribution in [3.8, 4) is 0 Å². The zero-order valence-corrected chi connectivity index (χ0v) is 11.3. The summed E-state index contributed by atoms with van der Waals surface area (Å²) in [7, 11) is 2.06. The molecule has 0 aromatic heterocycles. The predicted molar refractivity (Wildman–Crippen MR) is 70.5 cm³/mol. The van der Waals surface area contributed by atoms with E-state index in [1.807, 2.05) is 0 Å². The van der Waals surface area contributed by atoms with Crippen LogP contribution in [0.3, 0.4) is 0 Å². The minimum Gasteiger partial charge on any atom is -0.388 e. The fraction of sp³-hybridized carbons (Fsp3) is 0.917. The second-order valence-corrected chi connectivity index (χ2v) is 5.12. The summed E-state index contributed by atoms with van der Waals surface area (Å²) >= 11 is 0. The van der Waals surface area contributed by atoms with Crippen molar-refractivity contribution in [2.45, 2.75) is 32.4 Å². The van der Waals surface area contributed by atoms with Crippen molar-refractivity contribution in [3.63, 3.8) is 0 Å². The van der Waals surface area contributed by atoms with Crippen molar-refractivity contribution in [3.05, 3.63) is 0 Å². The topological polar surface area (TPSA) is 65.6 Å². The Hall–Kier alpha value is -0.650. The van der Waals surface area contributed by atoms with Gasteiger partial charge >= 0.3 is 0 Å². The van der Waals surface area contributed by atoms with E-state index in [1.54, 1.807) is 0 Å².